The van der Waals surface area contributed by atoms with Crippen LogP contribution in [0.15, 0.2) is 0 Å². The van der Waals surface area contributed by atoms with Crippen molar-refractivity contribution in [2.24, 2.45) is 11.1 Å². The fourth-order valence-electron chi connectivity index (χ4n) is 0.945. The molecule has 6 heteroatoms. The topological polar surface area (TPSA) is 84.2 Å². The zero-order valence-electron chi connectivity index (χ0n) is 11.0. The standard InChI is InChI=1S/C11H23N3O2.ClH/c1-8(9(15)13-7-5-6-12)14-10(16)11(2,3)4;/h8H,5-7,12H2,1-4H3,(H,13,15)(H,14,16);1H. The Morgan fingerprint density at radius 2 is 1.82 bits per heavy atom. The van der Waals surface area contributed by atoms with Gasteiger partial charge >= 0.3 is 0 Å². The van der Waals surface area contributed by atoms with Gasteiger partial charge in [-0.3, -0.25) is 9.59 Å². The quantitative estimate of drug-likeness (QED) is 0.630. The fourth-order valence-corrected chi connectivity index (χ4v) is 0.945. The molecule has 0 aromatic carbocycles. The van der Waals surface area contributed by atoms with Gasteiger partial charge in [0, 0.05) is 12.0 Å². The number of rotatable bonds is 5. The van der Waals surface area contributed by atoms with E-state index in [9.17, 15) is 9.59 Å². The second-order valence-corrected chi connectivity index (χ2v) is 4.88. The summed E-state index contributed by atoms with van der Waals surface area (Å²) in [6.07, 6.45) is 0.742. The van der Waals surface area contributed by atoms with Gasteiger partial charge in [-0.2, -0.15) is 0 Å². The molecule has 5 nitrogen and oxygen atoms in total. The Kier molecular flexibility index (Phi) is 9.06. The van der Waals surface area contributed by atoms with Crippen LogP contribution in [0.1, 0.15) is 34.1 Å². The molecule has 0 bridgehead atoms. The molecule has 1 unspecified atom stereocenters. The number of carbonyl (C=O) groups is 2. The number of nitrogens with one attached hydrogen (secondary N) is 2. The van der Waals surface area contributed by atoms with Crippen LogP contribution in [0.2, 0.25) is 0 Å². The van der Waals surface area contributed by atoms with Crippen molar-refractivity contribution in [3.8, 4) is 0 Å². The second-order valence-electron chi connectivity index (χ2n) is 4.88. The van der Waals surface area contributed by atoms with Crippen molar-refractivity contribution in [3.63, 3.8) is 0 Å². The van der Waals surface area contributed by atoms with E-state index in [-0.39, 0.29) is 24.2 Å². The Morgan fingerprint density at radius 1 is 1.29 bits per heavy atom. The van der Waals surface area contributed by atoms with Gasteiger partial charge in [-0.1, -0.05) is 20.8 Å². The summed E-state index contributed by atoms with van der Waals surface area (Å²) in [5, 5.41) is 5.37. The third-order valence-electron chi connectivity index (χ3n) is 2.10. The molecule has 0 aliphatic carbocycles. The highest BCUT2D eigenvalue weighted by Gasteiger charge is 2.24. The SMILES string of the molecule is CC(NC(=O)C(C)(C)C)C(=O)NCCCN.Cl. The average Bonchev–Trinajstić information content (AvgIpc) is 2.16. The molecule has 0 fully saturated rings. The van der Waals surface area contributed by atoms with Crippen LogP contribution in [0.5, 0.6) is 0 Å². The molecule has 0 spiro atoms. The second kappa shape index (κ2) is 8.31. The summed E-state index contributed by atoms with van der Waals surface area (Å²) < 4.78 is 0. The van der Waals surface area contributed by atoms with Crippen molar-refractivity contribution in [2.75, 3.05) is 13.1 Å². The average molecular weight is 266 g/mol. The Hall–Kier alpha value is -0.810. The fraction of sp³-hybridized carbons (Fsp3) is 0.818. The number of nitrogens with two attached hydrogens (primary N) is 1. The van der Waals surface area contributed by atoms with Crippen molar-refractivity contribution in [2.45, 2.75) is 40.2 Å². The Labute approximate surface area is 109 Å². The summed E-state index contributed by atoms with van der Waals surface area (Å²) >= 11 is 0. The summed E-state index contributed by atoms with van der Waals surface area (Å²) in [4.78, 5) is 23.1. The highest BCUT2D eigenvalue weighted by Crippen LogP contribution is 2.12. The first-order chi connectivity index (χ1) is 7.29. The van der Waals surface area contributed by atoms with Crippen molar-refractivity contribution >= 4 is 24.2 Å². The predicted octanol–water partition coefficient (Wildman–Crippen LogP) is 0.424. The van der Waals surface area contributed by atoms with Gasteiger partial charge in [0.2, 0.25) is 11.8 Å². The first-order valence-corrected chi connectivity index (χ1v) is 5.57. The molecule has 0 heterocycles. The molecular weight excluding hydrogens is 242 g/mol. The molecule has 4 N–H and O–H groups in total. The van der Waals surface area contributed by atoms with Gasteiger partial charge in [0.1, 0.15) is 6.04 Å². The van der Waals surface area contributed by atoms with Gasteiger partial charge in [0.25, 0.3) is 0 Å². The van der Waals surface area contributed by atoms with Crippen LogP contribution >= 0.6 is 12.4 Å². The van der Waals surface area contributed by atoms with E-state index in [0.717, 1.165) is 6.42 Å². The van der Waals surface area contributed by atoms with E-state index in [1.54, 1.807) is 27.7 Å². The maximum atomic E-state index is 11.6. The van der Waals surface area contributed by atoms with Crippen molar-refractivity contribution in [1.82, 2.24) is 10.6 Å². The van der Waals surface area contributed by atoms with Crippen LogP contribution in [0.25, 0.3) is 0 Å². The summed E-state index contributed by atoms with van der Waals surface area (Å²) in [5.41, 5.74) is 4.83. The van der Waals surface area contributed by atoms with E-state index in [0.29, 0.717) is 13.1 Å². The van der Waals surface area contributed by atoms with Crippen LogP contribution < -0.4 is 16.4 Å². The van der Waals surface area contributed by atoms with E-state index in [4.69, 9.17) is 5.73 Å². The van der Waals surface area contributed by atoms with Gasteiger partial charge in [-0.05, 0) is 19.9 Å². The lowest BCUT2D eigenvalue weighted by atomic mass is 9.95. The maximum Gasteiger partial charge on any atom is 0.242 e. The van der Waals surface area contributed by atoms with E-state index >= 15 is 0 Å². The number of carbonyl (C=O) groups excluding carboxylic acids is 2. The lowest BCUT2D eigenvalue weighted by Gasteiger charge is -2.21. The Balaban J connectivity index is 0. The van der Waals surface area contributed by atoms with Crippen LogP contribution in [0.3, 0.4) is 0 Å². The molecule has 17 heavy (non-hydrogen) atoms. The zero-order valence-corrected chi connectivity index (χ0v) is 11.8. The van der Waals surface area contributed by atoms with Crippen LogP contribution in [0.4, 0.5) is 0 Å². The van der Waals surface area contributed by atoms with Crippen LogP contribution in [-0.4, -0.2) is 30.9 Å². The third-order valence-corrected chi connectivity index (χ3v) is 2.10. The summed E-state index contributed by atoms with van der Waals surface area (Å²) in [5.74, 6) is -0.306. The van der Waals surface area contributed by atoms with Gasteiger partial charge in [0.05, 0.1) is 0 Å². The lowest BCUT2D eigenvalue weighted by molar-refractivity contribution is -0.133. The number of amides is 2. The minimum atomic E-state index is -0.510. The highest BCUT2D eigenvalue weighted by atomic mass is 35.5. The molecule has 2 amide bonds. The minimum absolute atomic E-state index is 0. The van der Waals surface area contributed by atoms with E-state index in [2.05, 4.69) is 10.6 Å². The molecule has 0 aromatic heterocycles. The number of halogens is 1. The van der Waals surface area contributed by atoms with E-state index < -0.39 is 11.5 Å². The van der Waals surface area contributed by atoms with Gasteiger partial charge in [0.15, 0.2) is 0 Å². The third kappa shape index (κ3) is 7.99. The number of hydrogen-bond acceptors (Lipinski definition) is 3. The van der Waals surface area contributed by atoms with Gasteiger partial charge < -0.3 is 16.4 Å². The Morgan fingerprint density at radius 3 is 2.24 bits per heavy atom. The first-order valence-electron chi connectivity index (χ1n) is 5.57. The molecule has 102 valence electrons. The number of hydrogen-bond donors (Lipinski definition) is 3. The van der Waals surface area contributed by atoms with Crippen LogP contribution in [0, 0.1) is 5.41 Å². The molecule has 0 aliphatic heterocycles. The molecule has 0 saturated heterocycles. The largest absolute Gasteiger partial charge is 0.354 e. The van der Waals surface area contributed by atoms with Crippen molar-refractivity contribution in [1.29, 1.82) is 0 Å². The van der Waals surface area contributed by atoms with Crippen molar-refractivity contribution < 1.29 is 9.59 Å². The highest BCUT2D eigenvalue weighted by molar-refractivity contribution is 5.89. The molecule has 0 aliphatic rings. The molecular formula is C11H24ClN3O2. The van der Waals surface area contributed by atoms with E-state index in [1.807, 2.05) is 0 Å². The van der Waals surface area contributed by atoms with Crippen molar-refractivity contribution in [3.05, 3.63) is 0 Å². The molecule has 0 aromatic rings. The van der Waals surface area contributed by atoms with Gasteiger partial charge in [-0.15, -0.1) is 12.4 Å². The molecule has 0 rings (SSSR count). The first kappa shape index (κ1) is 18.6. The molecule has 1 atom stereocenters. The summed E-state index contributed by atoms with van der Waals surface area (Å²) in [7, 11) is 0. The normalized spacial score (nSPS) is 12.3. The minimum Gasteiger partial charge on any atom is -0.354 e. The molecule has 0 radical (unpaired) electrons. The molecule has 0 saturated carbocycles. The summed E-state index contributed by atoms with van der Waals surface area (Å²) in [6.45, 7) is 8.18. The zero-order chi connectivity index (χ0) is 12.8. The monoisotopic (exact) mass is 265 g/mol. The Bertz CT molecular complexity index is 252. The smallest absolute Gasteiger partial charge is 0.242 e. The van der Waals surface area contributed by atoms with Gasteiger partial charge in [-0.25, -0.2) is 0 Å². The summed E-state index contributed by atoms with van der Waals surface area (Å²) in [6, 6.07) is -0.510. The predicted molar refractivity (Wildman–Crippen MR) is 71.0 cm³/mol. The lowest BCUT2D eigenvalue weighted by Crippen LogP contribution is -2.48. The van der Waals surface area contributed by atoms with Crippen LogP contribution in [-0.2, 0) is 9.59 Å². The van der Waals surface area contributed by atoms with E-state index in [1.165, 1.54) is 0 Å². The maximum absolute atomic E-state index is 11.6.